The van der Waals surface area contributed by atoms with Crippen LogP contribution in [0.25, 0.3) is 0 Å². The molecule has 1 aromatic heterocycles. The maximum absolute atomic E-state index is 5.35. The maximum Gasteiger partial charge on any atom is 0.0982 e. The van der Waals surface area contributed by atoms with Gasteiger partial charge in [0.2, 0.25) is 0 Å². The molecule has 0 unspecified atom stereocenters. The molecule has 114 valence electrons. The Morgan fingerprint density at radius 2 is 2.10 bits per heavy atom. The Labute approximate surface area is 126 Å². The van der Waals surface area contributed by atoms with Gasteiger partial charge in [-0.2, -0.15) is 0 Å². The molecule has 1 aliphatic rings. The van der Waals surface area contributed by atoms with Gasteiger partial charge in [-0.1, -0.05) is 20.8 Å². The van der Waals surface area contributed by atoms with Gasteiger partial charge in [0.05, 0.1) is 23.9 Å². The zero-order valence-corrected chi connectivity index (χ0v) is 13.8. The summed E-state index contributed by atoms with van der Waals surface area (Å²) in [6.07, 6.45) is 1.19. The fraction of sp³-hybridized carbons (Fsp3) is 0.800. The standard InChI is InChI=1S/C15H27N3OS/c1-15(2,3)14-17-13(12-20-14)11-16-5-4-6-18-7-9-19-10-8-18/h12,16H,4-11H2,1-3H3. The van der Waals surface area contributed by atoms with Crippen molar-refractivity contribution in [3.63, 3.8) is 0 Å². The van der Waals surface area contributed by atoms with E-state index < -0.39 is 0 Å². The monoisotopic (exact) mass is 297 g/mol. The first-order chi connectivity index (χ1) is 9.55. The van der Waals surface area contributed by atoms with Crippen LogP contribution in [0.15, 0.2) is 5.38 Å². The van der Waals surface area contributed by atoms with E-state index in [1.807, 2.05) is 0 Å². The first-order valence-corrected chi connectivity index (χ1v) is 8.39. The molecule has 0 atom stereocenters. The minimum atomic E-state index is 0.166. The predicted octanol–water partition coefficient (Wildman–Crippen LogP) is 2.25. The average Bonchev–Trinajstić information content (AvgIpc) is 2.88. The number of hydrogen-bond donors (Lipinski definition) is 1. The highest BCUT2D eigenvalue weighted by molar-refractivity contribution is 7.09. The highest BCUT2D eigenvalue weighted by Gasteiger charge is 2.17. The lowest BCUT2D eigenvalue weighted by Gasteiger charge is -2.26. The van der Waals surface area contributed by atoms with Crippen LogP contribution in [-0.4, -0.2) is 49.3 Å². The van der Waals surface area contributed by atoms with Crippen molar-refractivity contribution in [3.8, 4) is 0 Å². The Hall–Kier alpha value is -0.490. The number of thiazole rings is 1. The Kier molecular flexibility index (Phi) is 5.96. The third kappa shape index (κ3) is 5.13. The number of rotatable bonds is 6. The summed E-state index contributed by atoms with van der Waals surface area (Å²) in [5.74, 6) is 0. The molecular weight excluding hydrogens is 270 g/mol. The fourth-order valence-electron chi connectivity index (χ4n) is 2.20. The third-order valence-corrected chi connectivity index (χ3v) is 4.75. The number of hydrogen-bond acceptors (Lipinski definition) is 5. The van der Waals surface area contributed by atoms with E-state index in [4.69, 9.17) is 9.72 Å². The first-order valence-electron chi connectivity index (χ1n) is 7.51. The van der Waals surface area contributed by atoms with E-state index in [9.17, 15) is 0 Å². The summed E-state index contributed by atoms with van der Waals surface area (Å²) in [7, 11) is 0. The summed E-state index contributed by atoms with van der Waals surface area (Å²) in [5, 5.41) is 6.89. The van der Waals surface area contributed by atoms with E-state index in [0.717, 1.165) is 39.4 Å². The number of ether oxygens (including phenoxy) is 1. The van der Waals surface area contributed by atoms with Crippen LogP contribution in [0.5, 0.6) is 0 Å². The van der Waals surface area contributed by atoms with Crippen LogP contribution in [0.3, 0.4) is 0 Å². The van der Waals surface area contributed by atoms with E-state index >= 15 is 0 Å². The number of aromatic nitrogens is 1. The topological polar surface area (TPSA) is 37.4 Å². The van der Waals surface area contributed by atoms with Gasteiger partial charge in [0, 0.05) is 30.4 Å². The molecule has 1 aliphatic heterocycles. The first kappa shape index (κ1) is 15.9. The predicted molar refractivity (Wildman–Crippen MR) is 84.4 cm³/mol. The van der Waals surface area contributed by atoms with Gasteiger partial charge < -0.3 is 10.1 Å². The zero-order valence-electron chi connectivity index (χ0n) is 12.9. The Morgan fingerprint density at radius 3 is 2.75 bits per heavy atom. The molecule has 1 fully saturated rings. The smallest absolute Gasteiger partial charge is 0.0982 e. The van der Waals surface area contributed by atoms with Crippen LogP contribution in [0.2, 0.25) is 0 Å². The molecule has 1 N–H and O–H groups in total. The molecule has 0 amide bonds. The largest absolute Gasteiger partial charge is 0.379 e. The van der Waals surface area contributed by atoms with Gasteiger partial charge in [0.25, 0.3) is 0 Å². The van der Waals surface area contributed by atoms with Crippen molar-refractivity contribution in [2.24, 2.45) is 0 Å². The van der Waals surface area contributed by atoms with Crippen molar-refractivity contribution in [2.45, 2.75) is 39.2 Å². The molecule has 2 heterocycles. The van der Waals surface area contributed by atoms with Crippen molar-refractivity contribution in [3.05, 3.63) is 16.1 Å². The highest BCUT2D eigenvalue weighted by atomic mass is 32.1. The quantitative estimate of drug-likeness (QED) is 0.817. The van der Waals surface area contributed by atoms with Crippen molar-refractivity contribution in [1.29, 1.82) is 0 Å². The molecule has 1 saturated heterocycles. The Bertz CT molecular complexity index is 394. The fourth-order valence-corrected chi connectivity index (χ4v) is 3.11. The van der Waals surface area contributed by atoms with Gasteiger partial charge >= 0.3 is 0 Å². The second kappa shape index (κ2) is 7.50. The summed E-state index contributed by atoms with van der Waals surface area (Å²) in [4.78, 5) is 7.18. The molecule has 1 aromatic rings. The SMILES string of the molecule is CC(C)(C)c1nc(CNCCCN2CCOCC2)cs1. The van der Waals surface area contributed by atoms with Crippen molar-refractivity contribution < 1.29 is 4.74 Å². The van der Waals surface area contributed by atoms with Gasteiger partial charge in [-0.15, -0.1) is 11.3 Å². The minimum absolute atomic E-state index is 0.166. The molecule has 4 nitrogen and oxygen atoms in total. The van der Waals surface area contributed by atoms with Gasteiger partial charge in [0.1, 0.15) is 0 Å². The van der Waals surface area contributed by atoms with E-state index in [-0.39, 0.29) is 5.41 Å². The minimum Gasteiger partial charge on any atom is -0.379 e. The second-order valence-electron chi connectivity index (χ2n) is 6.38. The second-order valence-corrected chi connectivity index (χ2v) is 7.24. The van der Waals surface area contributed by atoms with Gasteiger partial charge in [-0.25, -0.2) is 4.98 Å². The van der Waals surface area contributed by atoms with Crippen molar-refractivity contribution >= 4 is 11.3 Å². The van der Waals surface area contributed by atoms with Gasteiger partial charge in [-0.3, -0.25) is 4.90 Å². The van der Waals surface area contributed by atoms with E-state index in [1.54, 1.807) is 11.3 Å². The Morgan fingerprint density at radius 1 is 1.35 bits per heavy atom. The van der Waals surface area contributed by atoms with Gasteiger partial charge in [0.15, 0.2) is 0 Å². The maximum atomic E-state index is 5.35. The molecule has 0 aliphatic carbocycles. The van der Waals surface area contributed by atoms with Crippen LogP contribution >= 0.6 is 11.3 Å². The summed E-state index contributed by atoms with van der Waals surface area (Å²) in [6.45, 7) is 13.7. The number of morpholine rings is 1. The Balaban J connectivity index is 1.60. The van der Waals surface area contributed by atoms with Crippen LogP contribution in [-0.2, 0) is 16.7 Å². The molecule has 0 spiro atoms. The molecule has 20 heavy (non-hydrogen) atoms. The number of nitrogens with zero attached hydrogens (tertiary/aromatic N) is 2. The average molecular weight is 297 g/mol. The van der Waals surface area contributed by atoms with Crippen LogP contribution < -0.4 is 5.32 Å². The molecule has 0 saturated carbocycles. The summed E-state index contributed by atoms with van der Waals surface area (Å²) < 4.78 is 5.35. The molecule has 0 bridgehead atoms. The van der Waals surface area contributed by atoms with Gasteiger partial charge in [-0.05, 0) is 19.5 Å². The van der Waals surface area contributed by atoms with Crippen molar-refractivity contribution in [1.82, 2.24) is 15.2 Å². The summed E-state index contributed by atoms with van der Waals surface area (Å²) in [6, 6.07) is 0. The van der Waals surface area contributed by atoms with Crippen LogP contribution in [0.4, 0.5) is 0 Å². The van der Waals surface area contributed by atoms with Crippen molar-refractivity contribution in [2.75, 3.05) is 39.4 Å². The highest BCUT2D eigenvalue weighted by Crippen LogP contribution is 2.25. The molecule has 5 heteroatoms. The molecule has 0 radical (unpaired) electrons. The number of nitrogens with one attached hydrogen (secondary N) is 1. The van der Waals surface area contributed by atoms with E-state index in [0.29, 0.717) is 0 Å². The van der Waals surface area contributed by atoms with Crippen LogP contribution in [0, 0.1) is 0 Å². The normalized spacial score (nSPS) is 17.6. The zero-order chi connectivity index (χ0) is 14.4. The van der Waals surface area contributed by atoms with E-state index in [2.05, 4.69) is 36.4 Å². The summed E-state index contributed by atoms with van der Waals surface area (Å²) >= 11 is 1.77. The molecular formula is C15H27N3OS. The molecule has 0 aromatic carbocycles. The lowest BCUT2D eigenvalue weighted by molar-refractivity contribution is 0.0374. The lowest BCUT2D eigenvalue weighted by Crippen LogP contribution is -2.37. The third-order valence-electron chi connectivity index (χ3n) is 3.43. The van der Waals surface area contributed by atoms with E-state index in [1.165, 1.54) is 23.7 Å². The van der Waals surface area contributed by atoms with Crippen LogP contribution in [0.1, 0.15) is 37.9 Å². The lowest BCUT2D eigenvalue weighted by atomic mass is 9.98. The molecule has 2 rings (SSSR count). The summed E-state index contributed by atoms with van der Waals surface area (Å²) in [5.41, 5.74) is 1.34.